The number of benzene rings is 2. The highest BCUT2D eigenvalue weighted by atomic mass is 19.4. The van der Waals surface area contributed by atoms with Gasteiger partial charge in [-0.15, -0.1) is 13.2 Å². The first-order valence-electron chi connectivity index (χ1n) is 13.6. The van der Waals surface area contributed by atoms with Crippen molar-refractivity contribution in [1.82, 2.24) is 20.0 Å². The van der Waals surface area contributed by atoms with Crippen molar-refractivity contribution in [3.05, 3.63) is 83.0 Å². The largest absolute Gasteiger partial charge is 0.573 e. The fourth-order valence-corrected chi connectivity index (χ4v) is 5.45. The second-order valence-electron chi connectivity index (χ2n) is 10.8. The number of fused-ring (bicyclic) bond motifs is 1. The molecule has 2 N–H and O–H groups in total. The highest BCUT2D eigenvalue weighted by Crippen LogP contribution is 2.43. The molecule has 2 aliphatic rings. The van der Waals surface area contributed by atoms with Crippen molar-refractivity contribution in [1.29, 1.82) is 0 Å². The molecular weight excluding hydrogens is 653 g/mol. The number of rotatable bonds is 6. The van der Waals surface area contributed by atoms with Crippen molar-refractivity contribution >= 4 is 17.5 Å². The zero-order chi connectivity index (χ0) is 34.5. The van der Waals surface area contributed by atoms with E-state index in [0.717, 1.165) is 23.2 Å². The van der Waals surface area contributed by atoms with Crippen molar-refractivity contribution in [3.63, 3.8) is 0 Å². The monoisotopic (exact) mass is 675 g/mol. The topological polar surface area (TPSA) is 108 Å². The molecule has 5 rings (SSSR count). The molecule has 9 nitrogen and oxygen atoms in total. The van der Waals surface area contributed by atoms with Crippen molar-refractivity contribution in [2.45, 2.75) is 50.6 Å². The summed E-state index contributed by atoms with van der Waals surface area (Å²) in [5, 5.41) is 15.9. The first-order valence-corrected chi connectivity index (χ1v) is 13.6. The van der Waals surface area contributed by atoms with E-state index in [-0.39, 0.29) is 25.1 Å². The number of nitrogens with one attached hydrogen (secondary N) is 1. The maximum atomic E-state index is 13.8. The van der Waals surface area contributed by atoms with Crippen LogP contribution in [0, 0.1) is 0 Å². The normalized spacial score (nSPS) is 19.2. The first-order chi connectivity index (χ1) is 21.8. The summed E-state index contributed by atoms with van der Waals surface area (Å²) in [5.41, 5.74) is -6.51. The molecule has 1 saturated heterocycles. The number of aromatic nitrogens is 2. The van der Waals surface area contributed by atoms with Crippen molar-refractivity contribution < 1.29 is 58.9 Å². The molecule has 0 saturated carbocycles. The number of hydrogen-bond donors (Lipinski definition) is 2. The predicted octanol–water partition coefficient (Wildman–Crippen LogP) is 6.64. The van der Waals surface area contributed by atoms with Gasteiger partial charge in [-0.1, -0.05) is 12.1 Å². The minimum absolute atomic E-state index is 0.157. The lowest BCUT2D eigenvalue weighted by Gasteiger charge is -2.46. The van der Waals surface area contributed by atoms with Crippen LogP contribution in [0.4, 0.5) is 45.2 Å². The van der Waals surface area contributed by atoms with Crippen LogP contribution in [0.2, 0.25) is 0 Å². The van der Waals surface area contributed by atoms with E-state index < -0.39 is 81.4 Å². The molecule has 0 bridgehead atoms. The van der Waals surface area contributed by atoms with Gasteiger partial charge in [-0.25, -0.2) is 15.0 Å². The molecule has 0 aliphatic carbocycles. The van der Waals surface area contributed by atoms with Crippen molar-refractivity contribution in [2.75, 3.05) is 11.9 Å². The predicted molar refractivity (Wildman–Crippen MR) is 144 cm³/mol. The second kappa shape index (κ2) is 11.7. The zero-order valence-corrected chi connectivity index (χ0v) is 23.9. The zero-order valence-electron chi connectivity index (χ0n) is 23.9. The maximum Gasteiger partial charge on any atom is 0.573 e. The van der Waals surface area contributed by atoms with E-state index in [1.807, 2.05) is 0 Å². The van der Waals surface area contributed by atoms with E-state index in [2.05, 4.69) is 20.0 Å². The number of hydrogen-bond acceptors (Lipinski definition) is 7. The van der Waals surface area contributed by atoms with Crippen molar-refractivity contribution in [2.24, 2.45) is 0 Å². The summed E-state index contributed by atoms with van der Waals surface area (Å²) in [5.74, 6) is -3.67. The lowest BCUT2D eigenvalue weighted by molar-refractivity contribution is -0.274. The fraction of sp³-hybridized carbons (Fsp3) is 0.310. The van der Waals surface area contributed by atoms with Gasteiger partial charge in [0.25, 0.3) is 11.8 Å². The van der Waals surface area contributed by atoms with E-state index in [9.17, 15) is 54.2 Å². The molecule has 3 aromatic rings. The number of carbonyl (C=O) groups is 2. The first kappa shape index (κ1) is 33.5. The number of aliphatic hydroxyl groups excluding tert-OH is 1. The van der Waals surface area contributed by atoms with Gasteiger partial charge in [0.2, 0.25) is 0 Å². The number of aliphatic hydroxyl groups is 1. The van der Waals surface area contributed by atoms with E-state index in [1.54, 1.807) is 0 Å². The summed E-state index contributed by atoms with van der Waals surface area (Å²) < 4.78 is 123. The van der Waals surface area contributed by atoms with Gasteiger partial charge < -0.3 is 15.2 Å². The summed E-state index contributed by atoms with van der Waals surface area (Å²) in [6.45, 7) is 1.34. The molecule has 2 aliphatic heterocycles. The number of hydrazine groups is 1. The SMILES string of the molecule is C[C@]12CCCN1N(Cc1cccc(OC(F)(F)F)c1)C(=O)C(C(=O)Nc1ccc(C(F)(F)F)cc1-c1cc(C(F)(F)F)ncn1)=C2O. The molecule has 1 aromatic heterocycles. The Morgan fingerprint density at radius 3 is 2.38 bits per heavy atom. The Kier molecular flexibility index (Phi) is 8.36. The van der Waals surface area contributed by atoms with Gasteiger partial charge in [0.05, 0.1) is 29.0 Å². The van der Waals surface area contributed by atoms with Crippen LogP contribution in [0.5, 0.6) is 5.75 Å². The van der Waals surface area contributed by atoms with Crippen LogP contribution in [-0.2, 0) is 28.5 Å². The summed E-state index contributed by atoms with van der Waals surface area (Å²) in [6.07, 6.45) is -13.8. The quantitative estimate of drug-likeness (QED) is 0.223. The van der Waals surface area contributed by atoms with Gasteiger partial charge in [0.15, 0.2) is 0 Å². The molecule has 2 amide bonds. The Hall–Kier alpha value is -4.87. The van der Waals surface area contributed by atoms with Gasteiger partial charge >= 0.3 is 18.7 Å². The maximum absolute atomic E-state index is 13.8. The lowest BCUT2D eigenvalue weighted by Crippen LogP contribution is -2.60. The standard InChI is InChI=1S/C29H22F9N5O4/c1-26-8-3-9-43(26)42(13-15-4-2-5-17(10-15)47-29(36,37)38)25(46)22(23(26)44)24(45)41-19-7-6-16(27(30,31)32)11-18(19)20-12-21(28(33,34)35)40-14-39-20/h2,4-7,10-12,14,44H,3,8-9,13H2,1H3,(H,41,45)/t26-/m1/s1. The van der Waals surface area contributed by atoms with Crippen LogP contribution in [0.15, 0.2) is 66.2 Å². The average molecular weight is 676 g/mol. The highest BCUT2D eigenvalue weighted by Gasteiger charge is 2.52. The van der Waals surface area contributed by atoms with Crippen LogP contribution in [-0.4, -0.2) is 55.4 Å². The summed E-state index contributed by atoms with van der Waals surface area (Å²) >= 11 is 0. The smallest absolute Gasteiger partial charge is 0.509 e. The minimum atomic E-state index is -5.00. The molecule has 47 heavy (non-hydrogen) atoms. The van der Waals surface area contributed by atoms with Crippen LogP contribution in [0.25, 0.3) is 11.3 Å². The van der Waals surface area contributed by atoms with Crippen LogP contribution >= 0.6 is 0 Å². The Bertz CT molecular complexity index is 1760. The van der Waals surface area contributed by atoms with Gasteiger partial charge in [-0.05, 0) is 61.7 Å². The van der Waals surface area contributed by atoms with E-state index in [4.69, 9.17) is 0 Å². The van der Waals surface area contributed by atoms with Crippen molar-refractivity contribution in [3.8, 4) is 17.0 Å². The van der Waals surface area contributed by atoms with E-state index >= 15 is 0 Å². The molecule has 1 fully saturated rings. The molecule has 0 unspecified atom stereocenters. The number of alkyl halides is 9. The van der Waals surface area contributed by atoms with Crippen LogP contribution in [0.3, 0.4) is 0 Å². The molecular formula is C29H22F9N5O4. The average Bonchev–Trinajstić information content (AvgIpc) is 3.37. The highest BCUT2D eigenvalue weighted by molar-refractivity contribution is 6.24. The molecule has 0 spiro atoms. The molecule has 2 aromatic carbocycles. The number of ether oxygens (including phenoxy) is 1. The van der Waals surface area contributed by atoms with Gasteiger partial charge in [0.1, 0.15) is 29.1 Å². The van der Waals surface area contributed by atoms with Crippen LogP contribution in [0.1, 0.15) is 36.6 Å². The minimum Gasteiger partial charge on any atom is -0.509 e. The third kappa shape index (κ3) is 6.81. The third-order valence-electron chi connectivity index (χ3n) is 7.61. The Morgan fingerprint density at radius 1 is 1.00 bits per heavy atom. The summed E-state index contributed by atoms with van der Waals surface area (Å²) in [7, 11) is 0. The fourth-order valence-electron chi connectivity index (χ4n) is 5.45. The molecule has 3 heterocycles. The molecule has 250 valence electrons. The second-order valence-corrected chi connectivity index (χ2v) is 10.8. The molecule has 1 atom stereocenters. The van der Waals surface area contributed by atoms with E-state index in [1.165, 1.54) is 24.1 Å². The van der Waals surface area contributed by atoms with Crippen LogP contribution < -0.4 is 10.1 Å². The molecule has 0 radical (unpaired) electrons. The van der Waals surface area contributed by atoms with Gasteiger partial charge in [0, 0.05) is 12.1 Å². The lowest BCUT2D eigenvalue weighted by atomic mass is 9.90. The number of nitrogens with zero attached hydrogens (tertiary/aromatic N) is 4. The third-order valence-corrected chi connectivity index (χ3v) is 7.61. The summed E-state index contributed by atoms with van der Waals surface area (Å²) in [6, 6.07) is 6.84. The Balaban J connectivity index is 1.53. The number of amides is 2. The van der Waals surface area contributed by atoms with Gasteiger partial charge in [-0.2, -0.15) is 26.3 Å². The Labute approximate surface area is 259 Å². The molecule has 18 heteroatoms. The number of anilines is 1. The van der Waals surface area contributed by atoms with E-state index in [0.29, 0.717) is 30.9 Å². The number of halogens is 9. The number of carbonyl (C=O) groups excluding carboxylic acids is 2. The van der Waals surface area contributed by atoms with Gasteiger partial charge in [-0.3, -0.25) is 14.6 Å². The Morgan fingerprint density at radius 2 is 1.72 bits per heavy atom. The summed E-state index contributed by atoms with van der Waals surface area (Å²) in [4.78, 5) is 34.1.